The Balaban J connectivity index is 1.07. The Labute approximate surface area is 341 Å². The molecule has 4 heterocycles. The largest absolute Gasteiger partial charge is 0.471 e. The monoisotopic (exact) mass is 816 g/mol. The quantitative estimate of drug-likeness (QED) is 0.141. The normalized spacial score (nSPS) is 20.6. The molecule has 0 unspecified atom stereocenters. The lowest BCUT2D eigenvalue weighted by molar-refractivity contribution is -0.138. The van der Waals surface area contributed by atoms with E-state index in [0.717, 1.165) is 0 Å². The molecule has 5 aromatic rings. The predicted octanol–water partition coefficient (Wildman–Crippen LogP) is 2.39. The highest BCUT2D eigenvalue weighted by atomic mass is 19.3. The first-order valence-electron chi connectivity index (χ1n) is 19.0. The highest BCUT2D eigenvalue weighted by Gasteiger charge is 2.45. The van der Waals surface area contributed by atoms with Crippen LogP contribution in [0.25, 0.3) is 22.3 Å². The summed E-state index contributed by atoms with van der Waals surface area (Å²) in [6, 6.07) is 17.9. The number of aliphatic hydroxyl groups is 2. The van der Waals surface area contributed by atoms with Gasteiger partial charge in [-0.15, -0.1) is 0 Å². The second kappa shape index (κ2) is 14.9. The average molecular weight is 817 g/mol. The zero-order chi connectivity index (χ0) is 42.6. The number of carbonyl (C=O) groups is 4. The molecule has 5 N–H and O–H groups in total. The van der Waals surface area contributed by atoms with E-state index < -0.39 is 65.2 Å². The van der Waals surface area contributed by atoms with Crippen molar-refractivity contribution in [3.8, 4) is 40.8 Å². The van der Waals surface area contributed by atoms with Crippen molar-refractivity contribution in [2.24, 2.45) is 5.73 Å². The fourth-order valence-electron chi connectivity index (χ4n) is 7.65. The van der Waals surface area contributed by atoms with Gasteiger partial charge in [0.15, 0.2) is 18.1 Å². The number of fused-ring (bicyclic) bond motifs is 2. The number of alkyl halides is 2. The number of carbonyl (C=O) groups excluding carboxylic acids is 4. The standard InChI is InChI=1S/C43H38F2N8O7/c1-50-21-19-41(58,39(50)56)17-14-26-7-3-9-28(23-26)52-31-12-6-16-43(44,45)33(31)35(49-52)38(55)47-25-60-32-13-5-11-30-34(37(46)54)48-53(36(30)32)29-10-4-8-27(24-29)15-18-42(59)20-22-51(2)40(42)57/h3-5,7-11,13,23-24,58-59H,6,12,16,19-22,25H2,1-2H3,(H2,46,54)(H,47,55)/t41-,42-/m0/s1. The third kappa shape index (κ3) is 7.08. The van der Waals surface area contributed by atoms with Crippen LogP contribution in [0.3, 0.4) is 0 Å². The molecule has 17 heteroatoms. The smallest absolute Gasteiger partial charge is 0.277 e. The van der Waals surface area contributed by atoms with Crippen LogP contribution in [0.15, 0.2) is 66.7 Å². The summed E-state index contributed by atoms with van der Waals surface area (Å²) in [5, 5.41) is 33.2. The van der Waals surface area contributed by atoms with Gasteiger partial charge in [-0.3, -0.25) is 19.2 Å². The maximum atomic E-state index is 15.6. The van der Waals surface area contributed by atoms with Crippen molar-refractivity contribution in [2.45, 2.75) is 49.2 Å². The van der Waals surface area contributed by atoms with Gasteiger partial charge in [-0.05, 0) is 55.3 Å². The number of halogens is 2. The Kier molecular flexibility index (Phi) is 9.89. The highest BCUT2D eigenvalue weighted by molar-refractivity contribution is 6.06. The van der Waals surface area contributed by atoms with Crippen LogP contribution in [0, 0.1) is 23.7 Å². The third-order valence-corrected chi connectivity index (χ3v) is 10.9. The van der Waals surface area contributed by atoms with Gasteiger partial charge in [0.2, 0.25) is 11.2 Å². The number of hydrogen-bond donors (Lipinski definition) is 4. The molecule has 2 aliphatic heterocycles. The van der Waals surface area contributed by atoms with E-state index in [1.54, 1.807) is 80.8 Å². The molecular formula is C43H38F2N8O7. The minimum absolute atomic E-state index is 0.0742. The number of amides is 4. The lowest BCUT2D eigenvalue weighted by Gasteiger charge is -2.23. The molecule has 0 radical (unpaired) electrons. The number of benzene rings is 3. The van der Waals surface area contributed by atoms with Crippen LogP contribution in [-0.4, -0.2) is 108 Å². The number of primary amides is 1. The van der Waals surface area contributed by atoms with Gasteiger partial charge in [-0.25, -0.2) is 18.1 Å². The van der Waals surface area contributed by atoms with Crippen LogP contribution in [-0.2, 0) is 21.9 Å². The summed E-state index contributed by atoms with van der Waals surface area (Å²) in [7, 11) is 3.16. The van der Waals surface area contributed by atoms with Gasteiger partial charge >= 0.3 is 0 Å². The van der Waals surface area contributed by atoms with Crippen LogP contribution >= 0.6 is 0 Å². The molecule has 2 saturated heterocycles. The fourth-order valence-corrected chi connectivity index (χ4v) is 7.65. The summed E-state index contributed by atoms with van der Waals surface area (Å²) in [4.78, 5) is 53.9. The van der Waals surface area contributed by atoms with Crippen molar-refractivity contribution in [1.82, 2.24) is 34.7 Å². The maximum Gasteiger partial charge on any atom is 0.277 e. The lowest BCUT2D eigenvalue weighted by Crippen LogP contribution is -2.37. The summed E-state index contributed by atoms with van der Waals surface area (Å²) in [5.74, 6) is 5.06. The van der Waals surface area contributed by atoms with Crippen LogP contribution < -0.4 is 15.8 Å². The molecule has 1 aliphatic carbocycles. The van der Waals surface area contributed by atoms with Gasteiger partial charge in [0.25, 0.3) is 29.6 Å². The molecule has 306 valence electrons. The molecule has 2 atom stereocenters. The molecule has 8 rings (SSSR count). The molecular weight excluding hydrogens is 779 g/mol. The van der Waals surface area contributed by atoms with E-state index in [1.807, 2.05) is 0 Å². The minimum atomic E-state index is -3.36. The van der Waals surface area contributed by atoms with Crippen LogP contribution in [0.1, 0.15) is 69.0 Å². The van der Waals surface area contributed by atoms with E-state index >= 15 is 8.78 Å². The number of likely N-dealkylation sites (tertiary alicyclic amines) is 2. The summed E-state index contributed by atoms with van der Waals surface area (Å²) < 4.78 is 40.0. The Bertz CT molecular complexity index is 2760. The number of rotatable bonds is 7. The Morgan fingerprint density at radius 1 is 0.833 bits per heavy atom. The van der Waals surface area contributed by atoms with E-state index in [9.17, 15) is 29.4 Å². The summed E-state index contributed by atoms with van der Waals surface area (Å²) in [6.45, 7) is 0.213. The van der Waals surface area contributed by atoms with E-state index in [-0.39, 0.29) is 42.8 Å². The number of ether oxygens (including phenoxy) is 1. The number of hydrogen-bond acceptors (Lipinski definition) is 9. The third-order valence-electron chi connectivity index (χ3n) is 10.9. The Hall–Kier alpha value is -7.08. The maximum absolute atomic E-state index is 15.6. The summed E-state index contributed by atoms with van der Waals surface area (Å²) in [5.41, 5.74) is 3.05. The molecule has 3 aliphatic rings. The fraction of sp³-hybridized carbons (Fsp3) is 0.302. The van der Waals surface area contributed by atoms with Gasteiger partial charge < -0.3 is 35.8 Å². The zero-order valence-electron chi connectivity index (χ0n) is 32.5. The van der Waals surface area contributed by atoms with E-state index in [2.05, 4.69) is 39.2 Å². The van der Waals surface area contributed by atoms with E-state index in [1.165, 1.54) is 19.2 Å². The number of aromatic nitrogens is 4. The van der Waals surface area contributed by atoms with Gasteiger partial charge in [-0.2, -0.15) is 10.2 Å². The molecule has 2 fully saturated rings. The molecule has 0 bridgehead atoms. The second-order valence-corrected chi connectivity index (χ2v) is 15.0. The SMILES string of the molecule is CN1CC[C@@](O)(C#Cc2cccc(-n3nc(C(=O)NCOc4cccc5c(C(N)=O)nn(-c6cccc(C#C[C@]7(O)CCN(C)C7=O)c6)c45)c4c3CCCC4(F)F)c2)C1=O. The second-order valence-electron chi connectivity index (χ2n) is 15.0. The number of para-hydroxylation sites is 1. The molecule has 15 nitrogen and oxygen atoms in total. The first kappa shape index (κ1) is 39.7. The molecule has 4 amide bonds. The molecule has 2 aromatic heterocycles. The van der Waals surface area contributed by atoms with Gasteiger partial charge in [-0.1, -0.05) is 47.9 Å². The number of nitrogens with zero attached hydrogens (tertiary/aromatic N) is 6. The first-order valence-corrected chi connectivity index (χ1v) is 19.0. The van der Waals surface area contributed by atoms with Gasteiger partial charge in [0.05, 0.1) is 22.6 Å². The van der Waals surface area contributed by atoms with Crippen LogP contribution in [0.2, 0.25) is 0 Å². The highest BCUT2D eigenvalue weighted by Crippen LogP contribution is 2.43. The van der Waals surface area contributed by atoms with E-state index in [0.29, 0.717) is 46.5 Å². The van der Waals surface area contributed by atoms with Crippen LogP contribution in [0.4, 0.5) is 8.78 Å². The minimum Gasteiger partial charge on any atom is -0.471 e. The molecule has 60 heavy (non-hydrogen) atoms. The van der Waals surface area contributed by atoms with Gasteiger partial charge in [0.1, 0.15) is 11.3 Å². The zero-order valence-corrected chi connectivity index (χ0v) is 32.5. The Morgan fingerprint density at radius 3 is 1.97 bits per heavy atom. The summed E-state index contributed by atoms with van der Waals surface area (Å²) >= 11 is 0. The Morgan fingerprint density at radius 2 is 1.40 bits per heavy atom. The van der Waals surface area contributed by atoms with Crippen molar-refractivity contribution in [1.29, 1.82) is 0 Å². The lowest BCUT2D eigenvalue weighted by atomic mass is 9.91. The van der Waals surface area contributed by atoms with Crippen LogP contribution in [0.5, 0.6) is 5.75 Å². The molecule has 0 spiro atoms. The van der Waals surface area contributed by atoms with Crippen molar-refractivity contribution < 1.29 is 42.9 Å². The first-order chi connectivity index (χ1) is 28.6. The van der Waals surface area contributed by atoms with Crippen molar-refractivity contribution >= 4 is 34.5 Å². The summed E-state index contributed by atoms with van der Waals surface area (Å²) in [6.07, 6.45) is 0.190. The van der Waals surface area contributed by atoms with E-state index in [4.69, 9.17) is 10.5 Å². The average Bonchev–Trinajstić information content (AvgIpc) is 3.97. The molecule has 0 saturated carbocycles. The van der Waals surface area contributed by atoms with Crippen molar-refractivity contribution in [3.63, 3.8) is 0 Å². The van der Waals surface area contributed by atoms with Gasteiger partial charge in [0, 0.05) is 63.0 Å². The van der Waals surface area contributed by atoms with Crippen molar-refractivity contribution in [2.75, 3.05) is 33.9 Å². The number of nitrogens with two attached hydrogens (primary N) is 1. The topological polar surface area (TPSA) is 198 Å². The number of nitrogens with one attached hydrogen (secondary N) is 1. The number of likely N-dealkylation sites (N-methyl/N-ethyl adjacent to an activating group) is 2. The predicted molar refractivity (Wildman–Crippen MR) is 211 cm³/mol. The molecule has 3 aromatic carbocycles. The van der Waals surface area contributed by atoms with Crippen molar-refractivity contribution in [3.05, 3.63) is 101 Å².